The summed E-state index contributed by atoms with van der Waals surface area (Å²) in [6.45, 7) is 13.8. The molecule has 0 spiro atoms. The highest BCUT2D eigenvalue weighted by Crippen LogP contribution is 2.25. The summed E-state index contributed by atoms with van der Waals surface area (Å²) in [7, 11) is 0. The van der Waals surface area contributed by atoms with Gasteiger partial charge in [0.15, 0.2) is 0 Å². The van der Waals surface area contributed by atoms with Crippen LogP contribution in [0.25, 0.3) is 0 Å². The molecule has 21 heavy (non-hydrogen) atoms. The molecule has 3 nitrogen and oxygen atoms in total. The van der Waals surface area contributed by atoms with Crippen molar-refractivity contribution in [1.82, 2.24) is 5.32 Å². The quantitative estimate of drug-likeness (QED) is 0.742. The normalized spacial score (nSPS) is 11.7. The van der Waals surface area contributed by atoms with Crippen LogP contribution in [0, 0.1) is 5.82 Å². The molecule has 0 amide bonds. The van der Waals surface area contributed by atoms with Crippen molar-refractivity contribution in [3.63, 3.8) is 0 Å². The van der Waals surface area contributed by atoms with Gasteiger partial charge in [-0.2, -0.15) is 0 Å². The van der Waals surface area contributed by atoms with Crippen molar-refractivity contribution >= 4 is 5.69 Å². The lowest BCUT2D eigenvalue weighted by molar-refractivity contribution is 0.154. The van der Waals surface area contributed by atoms with E-state index >= 15 is 0 Å². The van der Waals surface area contributed by atoms with Crippen LogP contribution in [0.5, 0.6) is 0 Å². The molecule has 0 aliphatic rings. The van der Waals surface area contributed by atoms with Crippen molar-refractivity contribution in [3.8, 4) is 0 Å². The summed E-state index contributed by atoms with van der Waals surface area (Å²) in [6.07, 6.45) is 0. The van der Waals surface area contributed by atoms with Gasteiger partial charge in [0, 0.05) is 31.8 Å². The van der Waals surface area contributed by atoms with E-state index in [9.17, 15) is 4.39 Å². The van der Waals surface area contributed by atoms with E-state index in [1.165, 1.54) is 6.07 Å². The van der Waals surface area contributed by atoms with Crippen molar-refractivity contribution in [3.05, 3.63) is 29.6 Å². The van der Waals surface area contributed by atoms with Gasteiger partial charge in [-0.3, -0.25) is 0 Å². The Hall–Kier alpha value is -1.13. The highest BCUT2D eigenvalue weighted by molar-refractivity contribution is 5.55. The summed E-state index contributed by atoms with van der Waals surface area (Å²) in [5.41, 5.74) is 1.69. The van der Waals surface area contributed by atoms with Crippen LogP contribution in [-0.2, 0) is 11.3 Å². The van der Waals surface area contributed by atoms with Gasteiger partial charge >= 0.3 is 0 Å². The average Bonchev–Trinajstić information content (AvgIpc) is 2.42. The van der Waals surface area contributed by atoms with E-state index in [0.29, 0.717) is 32.0 Å². The minimum absolute atomic E-state index is 0.00591. The summed E-state index contributed by atoms with van der Waals surface area (Å²) >= 11 is 0. The zero-order chi connectivity index (χ0) is 15.9. The fourth-order valence-corrected chi connectivity index (χ4v) is 2.16. The average molecular weight is 296 g/mol. The predicted molar refractivity (Wildman–Crippen MR) is 87.4 cm³/mol. The van der Waals surface area contributed by atoms with Crippen molar-refractivity contribution in [2.75, 3.05) is 31.2 Å². The molecule has 0 heterocycles. The van der Waals surface area contributed by atoms with E-state index in [0.717, 1.165) is 12.1 Å². The van der Waals surface area contributed by atoms with Crippen LogP contribution >= 0.6 is 0 Å². The number of rotatable bonds is 8. The number of benzene rings is 1. The molecule has 0 fully saturated rings. The Bertz CT molecular complexity index is 429. The maximum absolute atomic E-state index is 14.3. The Morgan fingerprint density at radius 1 is 1.24 bits per heavy atom. The summed E-state index contributed by atoms with van der Waals surface area (Å²) < 4.78 is 19.7. The molecule has 1 rings (SSSR count). The second kappa shape index (κ2) is 8.35. The number of ether oxygens (including phenoxy) is 1. The molecule has 1 aromatic rings. The summed E-state index contributed by atoms with van der Waals surface area (Å²) in [5.74, 6) is -0.165. The van der Waals surface area contributed by atoms with E-state index < -0.39 is 0 Å². The molecule has 0 bridgehead atoms. The van der Waals surface area contributed by atoms with Crippen molar-refractivity contribution in [2.24, 2.45) is 0 Å². The van der Waals surface area contributed by atoms with Crippen LogP contribution in [0.2, 0.25) is 0 Å². The van der Waals surface area contributed by atoms with Crippen LogP contribution < -0.4 is 10.2 Å². The molecular weight excluding hydrogens is 267 g/mol. The van der Waals surface area contributed by atoms with Crippen LogP contribution in [0.1, 0.15) is 40.2 Å². The lowest BCUT2D eigenvalue weighted by Crippen LogP contribution is -2.36. The molecule has 0 saturated heterocycles. The van der Waals surface area contributed by atoms with E-state index in [1.54, 1.807) is 6.07 Å². The standard InChI is InChI=1S/C17H29FN2O/c1-6-20(11-12-21-7-2)16-14(9-8-10-15(16)18)13-19-17(3,4)5/h8-10,19H,6-7,11-13H2,1-5H3. The fourth-order valence-electron chi connectivity index (χ4n) is 2.16. The molecule has 0 radical (unpaired) electrons. The van der Waals surface area contributed by atoms with E-state index in [2.05, 4.69) is 26.1 Å². The van der Waals surface area contributed by atoms with Crippen LogP contribution in [0.3, 0.4) is 0 Å². The van der Waals surface area contributed by atoms with Crippen LogP contribution in [0.4, 0.5) is 10.1 Å². The van der Waals surface area contributed by atoms with Gasteiger partial charge in [-0.15, -0.1) is 0 Å². The Morgan fingerprint density at radius 3 is 2.52 bits per heavy atom. The molecule has 0 saturated carbocycles. The molecule has 0 atom stereocenters. The number of halogens is 1. The van der Waals surface area contributed by atoms with Gasteiger partial charge < -0.3 is 15.0 Å². The summed E-state index contributed by atoms with van der Waals surface area (Å²) in [5, 5.41) is 3.43. The molecule has 1 aromatic carbocycles. The van der Waals surface area contributed by atoms with Gasteiger partial charge in [0.05, 0.1) is 12.3 Å². The zero-order valence-electron chi connectivity index (χ0n) is 14.0. The van der Waals surface area contributed by atoms with Gasteiger partial charge in [0.1, 0.15) is 5.82 Å². The Morgan fingerprint density at radius 2 is 1.95 bits per heavy atom. The maximum atomic E-state index is 14.3. The Labute approximate surface area is 128 Å². The molecule has 4 heteroatoms. The third-order valence-corrected chi connectivity index (χ3v) is 3.29. The van der Waals surface area contributed by atoms with E-state index in [4.69, 9.17) is 4.74 Å². The molecule has 120 valence electrons. The van der Waals surface area contributed by atoms with Crippen molar-refractivity contribution in [2.45, 2.75) is 46.7 Å². The monoisotopic (exact) mass is 296 g/mol. The number of hydrogen-bond donors (Lipinski definition) is 1. The van der Waals surface area contributed by atoms with Gasteiger partial charge in [-0.25, -0.2) is 4.39 Å². The SMILES string of the molecule is CCOCCN(CC)c1c(F)cccc1CNC(C)(C)C. The molecule has 0 aliphatic heterocycles. The largest absolute Gasteiger partial charge is 0.380 e. The van der Waals surface area contributed by atoms with Gasteiger partial charge in [0.25, 0.3) is 0 Å². The van der Waals surface area contributed by atoms with Gasteiger partial charge in [-0.05, 0) is 46.2 Å². The summed E-state index contributed by atoms with van der Waals surface area (Å²) in [4.78, 5) is 2.05. The van der Waals surface area contributed by atoms with E-state index in [-0.39, 0.29) is 11.4 Å². The Kier molecular flexibility index (Phi) is 7.12. The maximum Gasteiger partial charge on any atom is 0.146 e. The molecule has 0 aromatic heterocycles. The number of para-hydroxylation sites is 1. The van der Waals surface area contributed by atoms with Crippen molar-refractivity contribution in [1.29, 1.82) is 0 Å². The third kappa shape index (κ3) is 6.02. The zero-order valence-corrected chi connectivity index (χ0v) is 14.0. The third-order valence-electron chi connectivity index (χ3n) is 3.29. The summed E-state index contributed by atoms with van der Waals surface area (Å²) in [6, 6.07) is 5.29. The lowest BCUT2D eigenvalue weighted by atomic mass is 10.1. The Balaban J connectivity index is 2.91. The van der Waals surface area contributed by atoms with Crippen LogP contribution in [0.15, 0.2) is 18.2 Å². The first kappa shape index (κ1) is 17.9. The second-order valence-electron chi connectivity index (χ2n) is 6.13. The number of nitrogens with one attached hydrogen (secondary N) is 1. The van der Waals surface area contributed by atoms with Gasteiger partial charge in [-0.1, -0.05) is 12.1 Å². The minimum Gasteiger partial charge on any atom is -0.380 e. The molecule has 1 N–H and O–H groups in total. The molecule has 0 unspecified atom stereocenters. The first-order valence-corrected chi connectivity index (χ1v) is 7.74. The topological polar surface area (TPSA) is 24.5 Å². The first-order chi connectivity index (χ1) is 9.89. The molecule has 0 aliphatic carbocycles. The first-order valence-electron chi connectivity index (χ1n) is 7.74. The van der Waals surface area contributed by atoms with Gasteiger partial charge in [0.2, 0.25) is 0 Å². The highest BCUT2D eigenvalue weighted by atomic mass is 19.1. The molecular formula is C17H29FN2O. The highest BCUT2D eigenvalue weighted by Gasteiger charge is 2.16. The van der Waals surface area contributed by atoms with E-state index in [1.807, 2.05) is 24.8 Å². The number of likely N-dealkylation sites (N-methyl/N-ethyl adjacent to an activating group) is 1. The fraction of sp³-hybridized carbons (Fsp3) is 0.647. The number of hydrogen-bond acceptors (Lipinski definition) is 3. The smallest absolute Gasteiger partial charge is 0.146 e. The minimum atomic E-state index is -0.165. The lowest BCUT2D eigenvalue weighted by Gasteiger charge is -2.28. The van der Waals surface area contributed by atoms with Crippen LogP contribution in [-0.4, -0.2) is 31.8 Å². The number of anilines is 1. The predicted octanol–water partition coefficient (Wildman–Crippen LogP) is 3.58. The van der Waals surface area contributed by atoms with Crippen molar-refractivity contribution < 1.29 is 9.13 Å². The second-order valence-corrected chi connectivity index (χ2v) is 6.13. The number of nitrogens with zero attached hydrogens (tertiary/aromatic N) is 1.